The fourth-order valence-electron chi connectivity index (χ4n) is 1.83. The highest BCUT2D eigenvalue weighted by atomic mass is 32.1. The maximum absolute atomic E-state index is 11.6. The zero-order valence-electron chi connectivity index (χ0n) is 9.81. The third kappa shape index (κ3) is 2.45. The first-order valence-electron chi connectivity index (χ1n) is 6.01. The molecule has 1 aromatic rings. The molecule has 3 rings (SSSR count). The molecule has 0 bridgehead atoms. The molecule has 1 aliphatic heterocycles. The van der Waals surface area contributed by atoms with E-state index < -0.39 is 0 Å². The maximum Gasteiger partial charge on any atom is 0.323 e. The molecular formula is C11H14N4O2S. The van der Waals surface area contributed by atoms with E-state index in [1.807, 2.05) is 5.38 Å². The van der Waals surface area contributed by atoms with Crippen LogP contribution in [0.2, 0.25) is 0 Å². The first-order chi connectivity index (χ1) is 8.72. The van der Waals surface area contributed by atoms with Crippen molar-refractivity contribution >= 4 is 28.4 Å². The van der Waals surface area contributed by atoms with E-state index in [9.17, 15) is 9.59 Å². The van der Waals surface area contributed by atoms with Gasteiger partial charge < -0.3 is 10.6 Å². The van der Waals surface area contributed by atoms with Gasteiger partial charge in [0.2, 0.25) is 5.91 Å². The number of hydrogen-bond acceptors (Lipinski definition) is 4. The molecule has 96 valence electrons. The standard InChI is InChI=1S/C11H14N4O2S/c16-9(13-7-1-2-7)5-8-6-18-11(14-8)15-4-3-12-10(15)17/h6-7H,1-5H2,(H,12,17)(H,13,16). The Morgan fingerprint density at radius 3 is 3.11 bits per heavy atom. The topological polar surface area (TPSA) is 74.3 Å². The van der Waals surface area contributed by atoms with E-state index in [1.165, 1.54) is 11.3 Å². The van der Waals surface area contributed by atoms with Gasteiger partial charge in [0.1, 0.15) is 0 Å². The van der Waals surface area contributed by atoms with Gasteiger partial charge in [0.25, 0.3) is 0 Å². The van der Waals surface area contributed by atoms with E-state index in [2.05, 4.69) is 15.6 Å². The largest absolute Gasteiger partial charge is 0.353 e. The molecule has 1 saturated heterocycles. The maximum atomic E-state index is 11.6. The summed E-state index contributed by atoms with van der Waals surface area (Å²) in [6.07, 6.45) is 2.46. The number of nitrogens with zero attached hydrogens (tertiary/aromatic N) is 2. The van der Waals surface area contributed by atoms with Crippen molar-refractivity contribution in [2.45, 2.75) is 25.3 Å². The highest BCUT2D eigenvalue weighted by Crippen LogP contribution is 2.23. The lowest BCUT2D eigenvalue weighted by atomic mass is 10.3. The van der Waals surface area contributed by atoms with Crippen LogP contribution < -0.4 is 15.5 Å². The Morgan fingerprint density at radius 2 is 2.44 bits per heavy atom. The number of anilines is 1. The number of nitrogens with one attached hydrogen (secondary N) is 2. The Kier molecular flexibility index (Phi) is 2.91. The highest BCUT2D eigenvalue weighted by molar-refractivity contribution is 7.14. The average molecular weight is 266 g/mol. The van der Waals surface area contributed by atoms with Gasteiger partial charge in [0.05, 0.1) is 12.1 Å². The molecule has 6 nitrogen and oxygen atoms in total. The van der Waals surface area contributed by atoms with Crippen LogP contribution in [-0.4, -0.2) is 36.1 Å². The Hall–Kier alpha value is -1.63. The van der Waals surface area contributed by atoms with Gasteiger partial charge in [0.15, 0.2) is 5.13 Å². The number of carbonyl (C=O) groups excluding carboxylic acids is 2. The first-order valence-corrected chi connectivity index (χ1v) is 6.89. The van der Waals surface area contributed by atoms with Gasteiger partial charge in [-0.05, 0) is 12.8 Å². The van der Waals surface area contributed by atoms with Crippen molar-refractivity contribution in [3.8, 4) is 0 Å². The van der Waals surface area contributed by atoms with Crippen molar-refractivity contribution in [1.29, 1.82) is 0 Å². The fourth-order valence-corrected chi connectivity index (χ4v) is 2.68. The van der Waals surface area contributed by atoms with Crippen LogP contribution in [-0.2, 0) is 11.2 Å². The molecule has 7 heteroatoms. The third-order valence-corrected chi connectivity index (χ3v) is 3.82. The summed E-state index contributed by atoms with van der Waals surface area (Å²) < 4.78 is 0. The summed E-state index contributed by atoms with van der Waals surface area (Å²) in [6, 6.07) is 0.262. The fraction of sp³-hybridized carbons (Fsp3) is 0.545. The van der Waals surface area contributed by atoms with Gasteiger partial charge in [-0.25, -0.2) is 9.78 Å². The first kappa shape index (κ1) is 11.5. The lowest BCUT2D eigenvalue weighted by Crippen LogP contribution is -2.28. The van der Waals surface area contributed by atoms with Crippen LogP contribution >= 0.6 is 11.3 Å². The van der Waals surface area contributed by atoms with Crippen LogP contribution in [0.5, 0.6) is 0 Å². The van der Waals surface area contributed by atoms with E-state index in [0.29, 0.717) is 30.7 Å². The van der Waals surface area contributed by atoms with Crippen molar-refractivity contribution in [2.75, 3.05) is 18.0 Å². The summed E-state index contributed by atoms with van der Waals surface area (Å²) in [5.41, 5.74) is 0.729. The molecule has 1 saturated carbocycles. The summed E-state index contributed by atoms with van der Waals surface area (Å²) in [5.74, 6) is 0.0141. The molecule has 3 amide bonds. The van der Waals surface area contributed by atoms with Crippen molar-refractivity contribution in [1.82, 2.24) is 15.6 Å². The Bertz CT molecular complexity index is 483. The van der Waals surface area contributed by atoms with Crippen LogP contribution in [0.15, 0.2) is 5.38 Å². The van der Waals surface area contributed by atoms with Gasteiger partial charge in [-0.1, -0.05) is 0 Å². The van der Waals surface area contributed by atoms with Crippen LogP contribution in [0.1, 0.15) is 18.5 Å². The highest BCUT2D eigenvalue weighted by Gasteiger charge is 2.25. The zero-order chi connectivity index (χ0) is 12.5. The molecule has 0 aromatic carbocycles. The van der Waals surface area contributed by atoms with Crippen molar-refractivity contribution in [3.63, 3.8) is 0 Å². The molecule has 0 atom stereocenters. The minimum atomic E-state index is -0.113. The second-order valence-electron chi connectivity index (χ2n) is 4.52. The molecular weight excluding hydrogens is 252 g/mol. The predicted molar refractivity (Wildman–Crippen MR) is 67.7 cm³/mol. The van der Waals surface area contributed by atoms with Crippen LogP contribution in [0.3, 0.4) is 0 Å². The van der Waals surface area contributed by atoms with Gasteiger partial charge in [0, 0.05) is 24.5 Å². The minimum absolute atomic E-state index is 0.0141. The van der Waals surface area contributed by atoms with Crippen LogP contribution in [0.25, 0.3) is 0 Å². The lowest BCUT2D eigenvalue weighted by molar-refractivity contribution is -0.120. The van der Waals surface area contributed by atoms with Gasteiger partial charge in [-0.3, -0.25) is 9.69 Å². The van der Waals surface area contributed by atoms with Crippen LogP contribution in [0, 0.1) is 0 Å². The zero-order valence-corrected chi connectivity index (χ0v) is 10.6. The van der Waals surface area contributed by atoms with Crippen molar-refractivity contribution in [2.24, 2.45) is 0 Å². The number of urea groups is 1. The Morgan fingerprint density at radius 1 is 1.61 bits per heavy atom. The molecule has 0 spiro atoms. The monoisotopic (exact) mass is 266 g/mol. The molecule has 0 unspecified atom stereocenters. The SMILES string of the molecule is O=C(Cc1csc(N2CCNC2=O)n1)NC1CC1. The third-order valence-electron chi connectivity index (χ3n) is 2.91. The molecule has 1 aromatic heterocycles. The smallest absolute Gasteiger partial charge is 0.323 e. The van der Waals surface area contributed by atoms with Crippen molar-refractivity contribution in [3.05, 3.63) is 11.1 Å². The molecule has 2 heterocycles. The summed E-state index contributed by atoms with van der Waals surface area (Å²) in [7, 11) is 0. The number of hydrogen-bond donors (Lipinski definition) is 2. The molecule has 2 N–H and O–H groups in total. The van der Waals surface area contributed by atoms with Gasteiger partial charge >= 0.3 is 6.03 Å². The number of amides is 3. The summed E-state index contributed by atoms with van der Waals surface area (Å²) in [4.78, 5) is 29.0. The predicted octanol–water partition coefficient (Wildman–Crippen LogP) is 0.494. The summed E-state index contributed by atoms with van der Waals surface area (Å²) in [5, 5.41) is 8.16. The number of thiazole rings is 1. The van der Waals surface area contributed by atoms with E-state index in [1.54, 1.807) is 4.90 Å². The van der Waals surface area contributed by atoms with Gasteiger partial charge in [-0.2, -0.15) is 0 Å². The molecule has 0 radical (unpaired) electrons. The normalized spacial score (nSPS) is 18.9. The average Bonchev–Trinajstić information content (AvgIpc) is 2.85. The summed E-state index contributed by atoms with van der Waals surface area (Å²) >= 11 is 1.40. The van der Waals surface area contributed by atoms with E-state index >= 15 is 0 Å². The Labute approximate surface area is 108 Å². The van der Waals surface area contributed by atoms with E-state index in [0.717, 1.165) is 18.5 Å². The molecule has 2 fully saturated rings. The van der Waals surface area contributed by atoms with Crippen molar-refractivity contribution < 1.29 is 9.59 Å². The van der Waals surface area contributed by atoms with E-state index in [-0.39, 0.29) is 11.9 Å². The molecule has 18 heavy (non-hydrogen) atoms. The van der Waals surface area contributed by atoms with Gasteiger partial charge in [-0.15, -0.1) is 11.3 Å². The minimum Gasteiger partial charge on any atom is -0.353 e. The molecule has 1 aliphatic carbocycles. The quantitative estimate of drug-likeness (QED) is 0.833. The number of aromatic nitrogens is 1. The molecule has 2 aliphatic rings. The second-order valence-corrected chi connectivity index (χ2v) is 5.36. The van der Waals surface area contributed by atoms with E-state index in [4.69, 9.17) is 0 Å². The number of rotatable bonds is 4. The lowest BCUT2D eigenvalue weighted by Gasteiger charge is -2.08. The second kappa shape index (κ2) is 4.56. The van der Waals surface area contributed by atoms with Crippen LogP contribution in [0.4, 0.5) is 9.93 Å². The number of carbonyl (C=O) groups is 2. The summed E-state index contributed by atoms with van der Waals surface area (Å²) in [6.45, 7) is 1.29. The Balaban J connectivity index is 1.61.